The molecule has 0 aliphatic carbocycles. The average Bonchev–Trinajstić information content (AvgIpc) is 2.56. The minimum atomic E-state index is 0.754. The first-order valence-electron chi connectivity index (χ1n) is 8.46. The molecule has 1 aromatic carbocycles. The van der Waals surface area contributed by atoms with Crippen molar-refractivity contribution in [3.05, 3.63) is 29.8 Å². The first-order chi connectivity index (χ1) is 11.2. The summed E-state index contributed by atoms with van der Waals surface area (Å²) in [5.74, 6) is 1.78. The Hall–Kier alpha value is -1.75. The lowest BCUT2D eigenvalue weighted by molar-refractivity contribution is 0.281. The molecule has 0 amide bonds. The molecule has 1 rings (SSSR count). The molecule has 23 heavy (non-hydrogen) atoms. The van der Waals surface area contributed by atoms with Gasteiger partial charge in [0.15, 0.2) is 5.96 Å². The van der Waals surface area contributed by atoms with Crippen LogP contribution < -0.4 is 15.4 Å². The second kappa shape index (κ2) is 11.8. The summed E-state index contributed by atoms with van der Waals surface area (Å²) >= 11 is 0. The van der Waals surface area contributed by atoms with E-state index >= 15 is 0 Å². The van der Waals surface area contributed by atoms with Crippen LogP contribution in [0, 0.1) is 0 Å². The quantitative estimate of drug-likeness (QED) is 0.395. The molecule has 130 valence electrons. The Bertz CT molecular complexity index is 443. The zero-order chi connectivity index (χ0) is 16.9. The predicted molar refractivity (Wildman–Crippen MR) is 98.2 cm³/mol. The van der Waals surface area contributed by atoms with E-state index in [4.69, 9.17) is 4.74 Å². The zero-order valence-electron chi connectivity index (χ0n) is 15.1. The van der Waals surface area contributed by atoms with E-state index in [9.17, 15) is 0 Å². The van der Waals surface area contributed by atoms with Crippen LogP contribution in [0.2, 0.25) is 0 Å². The molecule has 0 fully saturated rings. The fraction of sp³-hybridized carbons (Fsp3) is 0.611. The summed E-state index contributed by atoms with van der Waals surface area (Å²) in [5, 5.41) is 6.63. The van der Waals surface area contributed by atoms with Crippen LogP contribution >= 0.6 is 0 Å². The Kier molecular flexibility index (Phi) is 9.87. The average molecular weight is 320 g/mol. The van der Waals surface area contributed by atoms with Gasteiger partial charge in [-0.3, -0.25) is 4.99 Å². The van der Waals surface area contributed by atoms with Crippen LogP contribution in [0.1, 0.15) is 31.7 Å². The van der Waals surface area contributed by atoms with Gasteiger partial charge in [0.05, 0.1) is 6.61 Å². The minimum absolute atomic E-state index is 0.754. The third kappa shape index (κ3) is 9.08. The molecule has 0 bridgehead atoms. The standard InChI is InChI=1S/C18H32N4O/c1-5-6-12-20-18(19-2)21-15-16-8-10-17(11-9-16)23-14-7-13-22(3)4/h8-11H,5-7,12-15H2,1-4H3,(H2,19,20,21). The summed E-state index contributed by atoms with van der Waals surface area (Å²) in [4.78, 5) is 6.39. The molecular weight excluding hydrogens is 288 g/mol. The van der Waals surface area contributed by atoms with Gasteiger partial charge in [-0.15, -0.1) is 0 Å². The van der Waals surface area contributed by atoms with E-state index in [1.165, 1.54) is 12.0 Å². The fourth-order valence-electron chi connectivity index (χ4n) is 2.06. The van der Waals surface area contributed by atoms with Crippen LogP contribution in [0.25, 0.3) is 0 Å². The Labute approximate surface area is 141 Å². The van der Waals surface area contributed by atoms with E-state index in [2.05, 4.69) is 53.7 Å². The van der Waals surface area contributed by atoms with Gasteiger partial charge in [-0.25, -0.2) is 0 Å². The Morgan fingerprint density at radius 3 is 2.48 bits per heavy atom. The lowest BCUT2D eigenvalue weighted by atomic mass is 10.2. The monoisotopic (exact) mass is 320 g/mol. The number of nitrogens with one attached hydrogen (secondary N) is 2. The first kappa shape index (κ1) is 19.3. The van der Waals surface area contributed by atoms with Crippen LogP contribution in [-0.4, -0.2) is 51.7 Å². The number of ether oxygens (including phenoxy) is 1. The second-order valence-corrected chi connectivity index (χ2v) is 5.86. The highest BCUT2D eigenvalue weighted by molar-refractivity contribution is 5.79. The molecule has 0 aliphatic heterocycles. The number of nitrogens with zero attached hydrogens (tertiary/aromatic N) is 2. The number of unbranched alkanes of at least 4 members (excludes halogenated alkanes) is 1. The van der Waals surface area contributed by atoms with Crippen molar-refractivity contribution in [3.63, 3.8) is 0 Å². The lowest BCUT2D eigenvalue weighted by Crippen LogP contribution is -2.37. The van der Waals surface area contributed by atoms with Crippen molar-refractivity contribution in [1.29, 1.82) is 0 Å². The van der Waals surface area contributed by atoms with Gasteiger partial charge in [0, 0.05) is 26.7 Å². The molecular formula is C18H32N4O. The van der Waals surface area contributed by atoms with Gasteiger partial charge in [-0.05, 0) is 44.6 Å². The molecule has 5 heteroatoms. The van der Waals surface area contributed by atoms with Gasteiger partial charge < -0.3 is 20.3 Å². The van der Waals surface area contributed by atoms with Crippen molar-refractivity contribution in [2.45, 2.75) is 32.7 Å². The van der Waals surface area contributed by atoms with Crippen LogP contribution in [0.15, 0.2) is 29.3 Å². The summed E-state index contributed by atoms with van der Waals surface area (Å²) in [6.07, 6.45) is 3.37. The Morgan fingerprint density at radius 2 is 1.87 bits per heavy atom. The molecule has 1 aromatic rings. The number of benzene rings is 1. The lowest BCUT2D eigenvalue weighted by Gasteiger charge is -2.12. The van der Waals surface area contributed by atoms with Gasteiger partial charge in [-0.2, -0.15) is 0 Å². The minimum Gasteiger partial charge on any atom is -0.494 e. The van der Waals surface area contributed by atoms with E-state index in [0.29, 0.717) is 0 Å². The normalized spacial score (nSPS) is 11.6. The van der Waals surface area contributed by atoms with Gasteiger partial charge in [0.25, 0.3) is 0 Å². The molecule has 0 heterocycles. The molecule has 0 saturated heterocycles. The number of hydrogen-bond acceptors (Lipinski definition) is 3. The molecule has 0 unspecified atom stereocenters. The van der Waals surface area contributed by atoms with E-state index in [-0.39, 0.29) is 0 Å². The second-order valence-electron chi connectivity index (χ2n) is 5.86. The molecule has 0 aromatic heterocycles. The van der Waals surface area contributed by atoms with Crippen molar-refractivity contribution in [1.82, 2.24) is 15.5 Å². The smallest absolute Gasteiger partial charge is 0.191 e. The number of guanidine groups is 1. The van der Waals surface area contributed by atoms with E-state index in [1.807, 2.05) is 12.1 Å². The van der Waals surface area contributed by atoms with Gasteiger partial charge in [0.1, 0.15) is 5.75 Å². The fourth-order valence-corrected chi connectivity index (χ4v) is 2.06. The van der Waals surface area contributed by atoms with Crippen LogP contribution in [0.5, 0.6) is 5.75 Å². The molecule has 5 nitrogen and oxygen atoms in total. The van der Waals surface area contributed by atoms with Crippen molar-refractivity contribution < 1.29 is 4.74 Å². The summed E-state index contributed by atoms with van der Waals surface area (Å²) in [6.45, 7) is 5.69. The van der Waals surface area contributed by atoms with Crippen LogP contribution in [0.3, 0.4) is 0 Å². The summed E-state index contributed by atoms with van der Waals surface area (Å²) in [7, 11) is 5.95. The maximum Gasteiger partial charge on any atom is 0.191 e. The third-order valence-corrected chi connectivity index (χ3v) is 3.45. The highest BCUT2D eigenvalue weighted by Crippen LogP contribution is 2.12. The van der Waals surface area contributed by atoms with E-state index in [0.717, 1.165) is 50.8 Å². The van der Waals surface area contributed by atoms with Gasteiger partial charge in [-0.1, -0.05) is 25.5 Å². The largest absolute Gasteiger partial charge is 0.494 e. The number of hydrogen-bond donors (Lipinski definition) is 2. The first-order valence-corrected chi connectivity index (χ1v) is 8.46. The maximum atomic E-state index is 5.74. The van der Waals surface area contributed by atoms with Crippen molar-refractivity contribution >= 4 is 5.96 Å². The van der Waals surface area contributed by atoms with E-state index in [1.54, 1.807) is 7.05 Å². The molecule has 0 aliphatic rings. The molecule has 2 N–H and O–H groups in total. The maximum absolute atomic E-state index is 5.74. The predicted octanol–water partition coefficient (Wildman–Crippen LogP) is 2.48. The number of rotatable bonds is 10. The highest BCUT2D eigenvalue weighted by atomic mass is 16.5. The SMILES string of the molecule is CCCCNC(=NC)NCc1ccc(OCCCN(C)C)cc1. The van der Waals surface area contributed by atoms with Crippen LogP contribution in [0.4, 0.5) is 0 Å². The van der Waals surface area contributed by atoms with Crippen LogP contribution in [-0.2, 0) is 6.54 Å². The topological polar surface area (TPSA) is 48.9 Å². The number of aliphatic imine (C=N–C) groups is 1. The molecule has 0 radical (unpaired) electrons. The molecule has 0 spiro atoms. The molecule has 0 saturated carbocycles. The summed E-state index contributed by atoms with van der Waals surface area (Å²) in [6, 6.07) is 8.24. The summed E-state index contributed by atoms with van der Waals surface area (Å²) in [5.41, 5.74) is 1.21. The van der Waals surface area contributed by atoms with E-state index < -0.39 is 0 Å². The third-order valence-electron chi connectivity index (χ3n) is 3.45. The van der Waals surface area contributed by atoms with Crippen molar-refractivity contribution in [3.8, 4) is 5.75 Å². The van der Waals surface area contributed by atoms with Crippen molar-refractivity contribution in [2.75, 3.05) is 40.8 Å². The summed E-state index contributed by atoms with van der Waals surface area (Å²) < 4.78 is 5.74. The highest BCUT2D eigenvalue weighted by Gasteiger charge is 1.99. The zero-order valence-corrected chi connectivity index (χ0v) is 15.1. The Morgan fingerprint density at radius 1 is 1.13 bits per heavy atom. The Balaban J connectivity index is 2.30. The molecule has 0 atom stereocenters. The van der Waals surface area contributed by atoms with Crippen molar-refractivity contribution in [2.24, 2.45) is 4.99 Å². The van der Waals surface area contributed by atoms with Gasteiger partial charge >= 0.3 is 0 Å². The van der Waals surface area contributed by atoms with Gasteiger partial charge in [0.2, 0.25) is 0 Å².